The normalized spacial score (nSPS) is 16.8. The lowest BCUT2D eigenvalue weighted by Crippen LogP contribution is -2.49. The largest absolute Gasteiger partial charge is 0.497 e. The van der Waals surface area contributed by atoms with Crippen molar-refractivity contribution >= 4 is 16.9 Å². The fraction of sp³-hybridized carbons (Fsp3) is 0.259. The minimum atomic E-state index is -3.20. The van der Waals surface area contributed by atoms with Crippen LogP contribution in [0.4, 0.5) is 14.6 Å². The summed E-state index contributed by atoms with van der Waals surface area (Å²) in [6, 6.07) is 11.9. The van der Waals surface area contributed by atoms with E-state index in [-0.39, 0.29) is 23.6 Å². The van der Waals surface area contributed by atoms with Gasteiger partial charge < -0.3 is 20.3 Å². The molecule has 0 saturated heterocycles. The van der Waals surface area contributed by atoms with E-state index in [0.29, 0.717) is 47.8 Å². The molecule has 0 atom stereocenters. The molecule has 9 heteroatoms. The molecule has 36 heavy (non-hydrogen) atoms. The minimum Gasteiger partial charge on any atom is -0.497 e. The van der Waals surface area contributed by atoms with Crippen molar-refractivity contribution in [3.05, 3.63) is 83.4 Å². The zero-order chi connectivity index (χ0) is 25.1. The molecule has 0 spiro atoms. The number of aromatic nitrogens is 3. The molecule has 1 saturated carbocycles. The molecule has 3 aliphatic rings. The topological polar surface area (TPSA) is 94.9 Å². The Balaban J connectivity index is 1.41. The molecule has 3 N–H and O–H groups in total. The van der Waals surface area contributed by atoms with E-state index in [1.165, 1.54) is 36.9 Å². The van der Waals surface area contributed by atoms with Crippen LogP contribution in [0.1, 0.15) is 29.8 Å². The fourth-order valence-corrected chi connectivity index (χ4v) is 5.05. The molecular formula is C27H24F2N4O3. The number of hydrogen-bond donors (Lipinski definition) is 2. The van der Waals surface area contributed by atoms with Gasteiger partial charge in [-0.1, -0.05) is 42.0 Å². The Bertz CT molecular complexity index is 1500. The highest BCUT2D eigenvalue weighted by molar-refractivity contribution is 5.88. The first-order valence-electron chi connectivity index (χ1n) is 11.6. The fourth-order valence-electron chi connectivity index (χ4n) is 5.05. The van der Waals surface area contributed by atoms with Gasteiger partial charge in [-0.3, -0.25) is 4.40 Å². The number of aliphatic hydroxyl groups is 1. The Morgan fingerprint density at radius 1 is 1.17 bits per heavy atom. The number of methoxy groups -OCH3 is 1. The van der Waals surface area contributed by atoms with E-state index in [1.54, 1.807) is 36.7 Å². The van der Waals surface area contributed by atoms with E-state index in [1.807, 2.05) is 4.40 Å². The van der Waals surface area contributed by atoms with Crippen LogP contribution >= 0.6 is 0 Å². The zero-order valence-electron chi connectivity index (χ0n) is 19.5. The van der Waals surface area contributed by atoms with Gasteiger partial charge in [-0.25, -0.2) is 9.97 Å². The molecular weight excluding hydrogens is 466 g/mol. The Kier molecular flexibility index (Phi) is 5.10. The maximum absolute atomic E-state index is 15.3. The van der Waals surface area contributed by atoms with Gasteiger partial charge >= 0.3 is 0 Å². The minimum absolute atomic E-state index is 0.0129. The van der Waals surface area contributed by atoms with Crippen LogP contribution in [0.15, 0.2) is 66.5 Å². The summed E-state index contributed by atoms with van der Waals surface area (Å²) >= 11 is 0. The molecule has 2 aromatic carbocycles. The van der Waals surface area contributed by atoms with Crippen molar-refractivity contribution in [2.75, 3.05) is 26.1 Å². The molecule has 0 unspecified atom stereocenters. The number of fused-ring (bicyclic) bond motifs is 3. The molecule has 7 rings (SSSR count). The number of hydrogen-bond acceptors (Lipinski definition) is 6. The van der Waals surface area contributed by atoms with Gasteiger partial charge in [0.2, 0.25) is 0 Å². The lowest BCUT2D eigenvalue weighted by molar-refractivity contribution is -0.103. The second-order valence-corrected chi connectivity index (χ2v) is 9.26. The molecule has 7 nitrogen and oxygen atoms in total. The number of alkyl halides is 2. The van der Waals surface area contributed by atoms with Gasteiger partial charge in [0.15, 0.2) is 0 Å². The number of aliphatic hydroxyl groups excluding tert-OH is 1. The molecule has 1 aliphatic carbocycles. The number of halogens is 2. The molecule has 2 aromatic heterocycles. The van der Waals surface area contributed by atoms with E-state index in [2.05, 4.69) is 4.98 Å². The highest BCUT2D eigenvalue weighted by Crippen LogP contribution is 2.49. The SMILES string of the molecule is COc1cccc(C(F)(F)c2ccc(-c3nc(C4=C5CC(CO)(C5)OC4)n4ccnc(N)c34)cc2)c1. The van der Waals surface area contributed by atoms with Crippen molar-refractivity contribution in [1.82, 2.24) is 14.4 Å². The number of benzene rings is 2. The molecule has 1 fully saturated rings. The highest BCUT2D eigenvalue weighted by Gasteiger charge is 2.47. The summed E-state index contributed by atoms with van der Waals surface area (Å²) in [5, 5.41) is 9.63. The molecule has 0 amide bonds. The number of nitrogens with two attached hydrogens (primary N) is 1. The van der Waals surface area contributed by atoms with Crippen LogP contribution in [0.25, 0.3) is 22.3 Å². The summed E-state index contributed by atoms with van der Waals surface area (Å²) in [7, 11) is 1.44. The lowest BCUT2D eigenvalue weighted by atomic mass is 9.71. The van der Waals surface area contributed by atoms with Crippen LogP contribution in [0.5, 0.6) is 5.75 Å². The quantitative estimate of drug-likeness (QED) is 0.415. The maximum Gasteiger partial charge on any atom is 0.298 e. The van der Waals surface area contributed by atoms with Crippen LogP contribution in [0.3, 0.4) is 0 Å². The third-order valence-corrected chi connectivity index (χ3v) is 7.11. The van der Waals surface area contributed by atoms with Crippen molar-refractivity contribution in [3.63, 3.8) is 0 Å². The lowest BCUT2D eigenvalue weighted by Gasteiger charge is -2.47. The van der Waals surface area contributed by atoms with Gasteiger partial charge in [-0.05, 0) is 12.1 Å². The number of rotatable bonds is 6. The summed E-state index contributed by atoms with van der Waals surface area (Å²) in [5.74, 6) is -1.86. The van der Waals surface area contributed by atoms with Gasteiger partial charge in [0.1, 0.15) is 28.6 Å². The van der Waals surface area contributed by atoms with Gasteiger partial charge in [-0.15, -0.1) is 0 Å². The summed E-state index contributed by atoms with van der Waals surface area (Å²) in [5.41, 5.74) is 9.42. The molecule has 2 bridgehead atoms. The first-order chi connectivity index (χ1) is 17.3. The molecule has 2 aliphatic heterocycles. The number of anilines is 1. The molecule has 184 valence electrons. The zero-order valence-corrected chi connectivity index (χ0v) is 19.5. The average molecular weight is 491 g/mol. The molecule has 0 radical (unpaired) electrons. The highest BCUT2D eigenvalue weighted by atomic mass is 19.3. The Hall–Kier alpha value is -3.82. The second kappa shape index (κ2) is 8.11. The number of nitrogens with zero attached hydrogens (tertiary/aromatic N) is 3. The van der Waals surface area contributed by atoms with Crippen molar-refractivity contribution in [2.45, 2.75) is 24.4 Å². The average Bonchev–Trinajstić information content (AvgIpc) is 3.29. The first-order valence-corrected chi connectivity index (χ1v) is 11.6. The van der Waals surface area contributed by atoms with Crippen molar-refractivity contribution in [2.24, 2.45) is 0 Å². The predicted molar refractivity (Wildman–Crippen MR) is 131 cm³/mol. The van der Waals surface area contributed by atoms with Crippen LogP contribution in [0.2, 0.25) is 0 Å². The van der Waals surface area contributed by atoms with E-state index < -0.39 is 11.5 Å². The molecule has 4 heterocycles. The summed E-state index contributed by atoms with van der Waals surface area (Å²) in [4.78, 5) is 9.10. The van der Waals surface area contributed by atoms with Gasteiger partial charge in [-0.2, -0.15) is 8.78 Å². The third kappa shape index (κ3) is 3.38. The second-order valence-electron chi connectivity index (χ2n) is 9.26. The first kappa shape index (κ1) is 22.6. The van der Waals surface area contributed by atoms with Gasteiger partial charge in [0.25, 0.3) is 5.92 Å². The van der Waals surface area contributed by atoms with Crippen LogP contribution in [-0.2, 0) is 10.7 Å². The van der Waals surface area contributed by atoms with E-state index in [9.17, 15) is 5.11 Å². The van der Waals surface area contributed by atoms with E-state index in [0.717, 1.165) is 5.57 Å². The standard InChI is InChI=1S/C27H24F2N4O3/c1-35-20-4-2-3-19(11-20)27(28,29)18-7-5-16(6-8-18)22-23-24(30)31-9-10-33(23)25(32-22)21-14-36-26(15-34)12-17(21)13-26/h2-11,34H,12-15H2,1H3,(H2,30,31). The van der Waals surface area contributed by atoms with Crippen LogP contribution in [-0.4, -0.2) is 45.4 Å². The Morgan fingerprint density at radius 2 is 1.94 bits per heavy atom. The van der Waals surface area contributed by atoms with Crippen LogP contribution < -0.4 is 10.5 Å². The summed E-state index contributed by atoms with van der Waals surface area (Å²) in [6.45, 7) is 0.323. The van der Waals surface area contributed by atoms with Gasteiger partial charge in [0, 0.05) is 47.5 Å². The van der Waals surface area contributed by atoms with Crippen LogP contribution in [0, 0.1) is 0 Å². The smallest absolute Gasteiger partial charge is 0.298 e. The van der Waals surface area contributed by atoms with Crippen molar-refractivity contribution < 1.29 is 23.4 Å². The summed E-state index contributed by atoms with van der Waals surface area (Å²) < 4.78 is 43.5. The monoisotopic (exact) mass is 490 g/mol. The number of imidazole rings is 1. The number of ether oxygens (including phenoxy) is 2. The molecule has 4 aromatic rings. The Labute approximate surface area is 205 Å². The van der Waals surface area contributed by atoms with Crippen molar-refractivity contribution in [3.8, 4) is 17.0 Å². The predicted octanol–water partition coefficient (Wildman–Crippen LogP) is 4.44. The van der Waals surface area contributed by atoms with Gasteiger partial charge in [0.05, 0.1) is 25.9 Å². The number of nitrogen functional groups attached to an aromatic ring is 1. The maximum atomic E-state index is 15.3. The van der Waals surface area contributed by atoms with Crippen molar-refractivity contribution in [1.29, 1.82) is 0 Å². The van der Waals surface area contributed by atoms with E-state index in [4.69, 9.17) is 20.2 Å². The third-order valence-electron chi connectivity index (χ3n) is 7.11. The van der Waals surface area contributed by atoms with E-state index >= 15 is 8.78 Å². The Morgan fingerprint density at radius 3 is 2.61 bits per heavy atom. The summed E-state index contributed by atoms with van der Waals surface area (Å²) in [6.07, 6.45) is 4.71.